The lowest BCUT2D eigenvalue weighted by Crippen LogP contribution is -2.06. The summed E-state index contributed by atoms with van der Waals surface area (Å²) in [5, 5.41) is 10.9. The van der Waals surface area contributed by atoms with Crippen LogP contribution in [0.2, 0.25) is 0 Å². The van der Waals surface area contributed by atoms with Crippen molar-refractivity contribution in [3.63, 3.8) is 0 Å². The molecule has 0 spiro atoms. The number of hydrogen-bond acceptors (Lipinski definition) is 6. The van der Waals surface area contributed by atoms with E-state index < -0.39 is 10.9 Å². The molecule has 0 amide bonds. The second-order valence-corrected chi connectivity index (χ2v) is 3.33. The zero-order valence-corrected chi connectivity index (χ0v) is 9.41. The summed E-state index contributed by atoms with van der Waals surface area (Å²) < 4.78 is 14.6. The molecular formula is C11H9NO6. The van der Waals surface area contributed by atoms with Gasteiger partial charge in [0.2, 0.25) is 6.79 Å². The molecule has 1 heterocycles. The van der Waals surface area contributed by atoms with Gasteiger partial charge in [0.05, 0.1) is 17.6 Å². The maximum atomic E-state index is 11.4. The number of ether oxygens (including phenoxy) is 3. The molecule has 0 unspecified atom stereocenters. The third-order valence-corrected chi connectivity index (χ3v) is 2.33. The Balaban J connectivity index is 2.54. The van der Waals surface area contributed by atoms with Crippen LogP contribution in [0.3, 0.4) is 0 Å². The molecule has 0 fully saturated rings. The van der Waals surface area contributed by atoms with Crippen molar-refractivity contribution in [2.75, 3.05) is 13.9 Å². The van der Waals surface area contributed by atoms with Crippen LogP contribution in [-0.4, -0.2) is 24.8 Å². The zero-order valence-electron chi connectivity index (χ0n) is 9.41. The van der Waals surface area contributed by atoms with Gasteiger partial charge in [0.1, 0.15) is 0 Å². The largest absolute Gasteiger partial charge is 0.463 e. The molecule has 18 heavy (non-hydrogen) atoms. The maximum Gasteiger partial charge on any atom is 0.377 e. The van der Waals surface area contributed by atoms with E-state index in [2.05, 4.69) is 4.74 Å². The van der Waals surface area contributed by atoms with Crippen molar-refractivity contribution < 1.29 is 23.9 Å². The van der Waals surface area contributed by atoms with Gasteiger partial charge in [-0.25, -0.2) is 4.79 Å². The summed E-state index contributed by atoms with van der Waals surface area (Å²) in [5.74, 6) is -0.874. The molecule has 2 rings (SSSR count). The summed E-state index contributed by atoms with van der Waals surface area (Å²) in [6, 6.07) is 5.92. The van der Waals surface area contributed by atoms with Gasteiger partial charge in [0, 0.05) is 6.07 Å². The molecule has 1 aliphatic rings. The summed E-state index contributed by atoms with van der Waals surface area (Å²) in [6.07, 6.45) is 0. The molecule has 0 atom stereocenters. The molecule has 0 saturated heterocycles. The number of carbonyl (C=O) groups excluding carboxylic acids is 1. The van der Waals surface area contributed by atoms with E-state index in [0.29, 0.717) is 0 Å². The van der Waals surface area contributed by atoms with E-state index in [1.807, 2.05) is 0 Å². The second kappa shape index (κ2) is 4.74. The Morgan fingerprint density at radius 1 is 1.39 bits per heavy atom. The number of carbonyl (C=O) groups is 1. The summed E-state index contributed by atoms with van der Waals surface area (Å²) in [6.45, 7) is -0.175. The maximum absolute atomic E-state index is 11.4. The van der Waals surface area contributed by atoms with Crippen molar-refractivity contribution >= 4 is 17.4 Å². The Morgan fingerprint density at radius 2 is 2.11 bits per heavy atom. The SMILES string of the molecule is COC(=O)C1=C(c2ccccc2[N+](=O)[O-])OCO1. The fourth-order valence-electron chi connectivity index (χ4n) is 1.55. The van der Waals surface area contributed by atoms with E-state index in [1.54, 1.807) is 6.07 Å². The molecule has 1 aromatic rings. The van der Waals surface area contributed by atoms with Gasteiger partial charge >= 0.3 is 5.97 Å². The molecule has 0 N–H and O–H groups in total. The lowest BCUT2D eigenvalue weighted by atomic mass is 10.1. The molecule has 7 heteroatoms. The Hall–Kier alpha value is -2.57. The zero-order chi connectivity index (χ0) is 13.1. The topological polar surface area (TPSA) is 87.9 Å². The average Bonchev–Trinajstić information content (AvgIpc) is 2.86. The lowest BCUT2D eigenvalue weighted by Gasteiger charge is -2.03. The molecular weight excluding hydrogens is 242 g/mol. The minimum atomic E-state index is -0.736. The predicted octanol–water partition coefficient (Wildman–Crippen LogP) is 1.44. The highest BCUT2D eigenvalue weighted by atomic mass is 16.7. The smallest absolute Gasteiger partial charge is 0.377 e. The van der Waals surface area contributed by atoms with Crippen molar-refractivity contribution in [2.24, 2.45) is 0 Å². The van der Waals surface area contributed by atoms with Crippen LogP contribution in [0.15, 0.2) is 30.0 Å². The standard InChI is InChI=1S/C11H9NO6/c1-16-11(13)10-9(17-6-18-10)7-4-2-3-5-8(7)12(14)15/h2-5H,6H2,1H3. The van der Waals surface area contributed by atoms with Crippen LogP contribution in [0, 0.1) is 10.1 Å². The highest BCUT2D eigenvalue weighted by molar-refractivity contribution is 5.95. The Bertz CT molecular complexity index is 536. The number of hydrogen-bond donors (Lipinski definition) is 0. The molecule has 0 bridgehead atoms. The normalized spacial score (nSPS) is 13.8. The number of nitro groups is 1. The van der Waals surface area contributed by atoms with Gasteiger partial charge in [-0.05, 0) is 6.07 Å². The Kier molecular flexibility index (Phi) is 3.13. The molecule has 7 nitrogen and oxygen atoms in total. The van der Waals surface area contributed by atoms with E-state index >= 15 is 0 Å². The monoisotopic (exact) mass is 251 g/mol. The van der Waals surface area contributed by atoms with E-state index in [0.717, 1.165) is 0 Å². The van der Waals surface area contributed by atoms with Gasteiger partial charge in [0.15, 0.2) is 5.76 Å². The van der Waals surface area contributed by atoms with Crippen LogP contribution in [0.1, 0.15) is 5.56 Å². The Labute approximate surface area is 102 Å². The first kappa shape index (κ1) is 11.9. The van der Waals surface area contributed by atoms with E-state index in [-0.39, 0.29) is 29.6 Å². The quantitative estimate of drug-likeness (QED) is 0.459. The van der Waals surface area contributed by atoms with Crippen molar-refractivity contribution in [3.05, 3.63) is 45.7 Å². The number of rotatable bonds is 3. The van der Waals surface area contributed by atoms with Crippen LogP contribution in [0.5, 0.6) is 0 Å². The fourth-order valence-corrected chi connectivity index (χ4v) is 1.55. The summed E-state index contributed by atoms with van der Waals surface area (Å²) in [7, 11) is 1.19. The Morgan fingerprint density at radius 3 is 2.78 bits per heavy atom. The van der Waals surface area contributed by atoms with Crippen molar-refractivity contribution in [2.45, 2.75) is 0 Å². The van der Waals surface area contributed by atoms with Gasteiger partial charge in [-0.2, -0.15) is 0 Å². The second-order valence-electron chi connectivity index (χ2n) is 3.33. The third kappa shape index (κ3) is 1.97. The summed E-state index contributed by atoms with van der Waals surface area (Å²) >= 11 is 0. The van der Waals surface area contributed by atoms with E-state index in [1.165, 1.54) is 25.3 Å². The molecule has 1 aliphatic heterocycles. The number of nitro benzene ring substituents is 1. The summed E-state index contributed by atoms with van der Waals surface area (Å²) in [4.78, 5) is 21.8. The van der Waals surface area contributed by atoms with Gasteiger partial charge in [-0.15, -0.1) is 0 Å². The highest BCUT2D eigenvalue weighted by Crippen LogP contribution is 2.32. The fraction of sp³-hybridized carbons (Fsp3) is 0.182. The average molecular weight is 251 g/mol. The number of methoxy groups -OCH3 is 1. The van der Waals surface area contributed by atoms with Crippen molar-refractivity contribution in [3.8, 4) is 0 Å². The van der Waals surface area contributed by atoms with Crippen molar-refractivity contribution in [1.29, 1.82) is 0 Å². The number of nitrogens with zero attached hydrogens (tertiary/aromatic N) is 1. The van der Waals surface area contributed by atoms with E-state index in [4.69, 9.17) is 9.47 Å². The molecule has 94 valence electrons. The molecule has 0 aromatic heterocycles. The van der Waals surface area contributed by atoms with Crippen molar-refractivity contribution in [1.82, 2.24) is 0 Å². The third-order valence-electron chi connectivity index (χ3n) is 2.33. The molecule has 1 aromatic carbocycles. The minimum absolute atomic E-state index is 0.0224. The molecule has 0 radical (unpaired) electrons. The van der Waals surface area contributed by atoms with Crippen LogP contribution < -0.4 is 0 Å². The summed E-state index contributed by atoms with van der Waals surface area (Å²) in [5.41, 5.74) is 0.0137. The number of benzene rings is 1. The molecule has 0 saturated carbocycles. The predicted molar refractivity (Wildman–Crippen MR) is 59.1 cm³/mol. The van der Waals surface area contributed by atoms with Crippen LogP contribution >= 0.6 is 0 Å². The first-order valence-corrected chi connectivity index (χ1v) is 4.97. The number of esters is 1. The van der Waals surface area contributed by atoms with Crippen LogP contribution in [0.25, 0.3) is 5.76 Å². The minimum Gasteiger partial charge on any atom is -0.463 e. The first-order chi connectivity index (χ1) is 8.65. The number of para-hydroxylation sites is 1. The van der Waals surface area contributed by atoms with Crippen LogP contribution in [0.4, 0.5) is 5.69 Å². The van der Waals surface area contributed by atoms with Gasteiger partial charge in [-0.3, -0.25) is 10.1 Å². The van der Waals surface area contributed by atoms with E-state index in [9.17, 15) is 14.9 Å². The highest BCUT2D eigenvalue weighted by Gasteiger charge is 2.30. The van der Waals surface area contributed by atoms with Crippen LogP contribution in [-0.2, 0) is 19.0 Å². The van der Waals surface area contributed by atoms with Gasteiger partial charge < -0.3 is 14.2 Å². The molecule has 0 aliphatic carbocycles. The van der Waals surface area contributed by atoms with Gasteiger partial charge in [-0.1, -0.05) is 12.1 Å². The van der Waals surface area contributed by atoms with Gasteiger partial charge in [0.25, 0.3) is 11.4 Å². The first-order valence-electron chi connectivity index (χ1n) is 4.97. The lowest BCUT2D eigenvalue weighted by molar-refractivity contribution is -0.385.